The number of hydrogen-bond donors (Lipinski definition) is 1. The van der Waals surface area contributed by atoms with Crippen LogP contribution in [0.2, 0.25) is 0 Å². The third-order valence-corrected chi connectivity index (χ3v) is 4.68. The summed E-state index contributed by atoms with van der Waals surface area (Å²) >= 11 is 0. The molecular weight excluding hydrogens is 350 g/mol. The molecule has 28 heavy (non-hydrogen) atoms. The van der Waals surface area contributed by atoms with Crippen LogP contribution in [0.3, 0.4) is 0 Å². The molecule has 0 aliphatic heterocycles. The third kappa shape index (κ3) is 3.32. The van der Waals surface area contributed by atoms with E-state index >= 15 is 0 Å². The Labute approximate surface area is 163 Å². The Kier molecular flexibility index (Phi) is 4.53. The van der Waals surface area contributed by atoms with Gasteiger partial charge in [-0.15, -0.1) is 0 Å². The highest BCUT2D eigenvalue weighted by atomic mass is 16.2. The number of pyridine rings is 2. The summed E-state index contributed by atoms with van der Waals surface area (Å²) in [6, 6.07) is 17.5. The Morgan fingerprint density at radius 2 is 1.79 bits per heavy atom. The normalized spacial score (nSPS) is 10.8. The number of aromatic nitrogens is 3. The smallest absolute Gasteiger partial charge is 0.253 e. The second kappa shape index (κ2) is 7.15. The second-order valence-corrected chi connectivity index (χ2v) is 6.83. The number of rotatable bonds is 4. The molecule has 0 fully saturated rings. The number of anilines is 2. The van der Waals surface area contributed by atoms with Crippen molar-refractivity contribution in [2.24, 2.45) is 7.05 Å². The van der Waals surface area contributed by atoms with Gasteiger partial charge < -0.3 is 14.8 Å². The van der Waals surface area contributed by atoms with Crippen LogP contribution in [0.1, 0.15) is 10.4 Å². The second-order valence-electron chi connectivity index (χ2n) is 6.83. The SMILES string of the molecule is CN(C)C(=O)c1ccc(-c2cc3cnc(Nc4ccccn4)cc3n2C)cc1. The Morgan fingerprint density at radius 1 is 1.00 bits per heavy atom. The van der Waals surface area contributed by atoms with Crippen molar-refractivity contribution in [2.45, 2.75) is 0 Å². The molecule has 1 N–H and O–H groups in total. The van der Waals surface area contributed by atoms with E-state index in [0.717, 1.165) is 33.8 Å². The van der Waals surface area contributed by atoms with Crippen LogP contribution < -0.4 is 5.32 Å². The van der Waals surface area contributed by atoms with Crippen LogP contribution >= 0.6 is 0 Å². The van der Waals surface area contributed by atoms with Crippen LogP contribution in [0.5, 0.6) is 0 Å². The van der Waals surface area contributed by atoms with Crippen LogP contribution in [-0.2, 0) is 7.05 Å². The molecule has 0 spiro atoms. The summed E-state index contributed by atoms with van der Waals surface area (Å²) in [5.74, 6) is 1.49. The van der Waals surface area contributed by atoms with Gasteiger partial charge in [0.25, 0.3) is 5.91 Å². The number of amides is 1. The quantitative estimate of drug-likeness (QED) is 0.587. The molecule has 4 aromatic rings. The first-order chi connectivity index (χ1) is 13.5. The van der Waals surface area contributed by atoms with Crippen molar-refractivity contribution in [1.29, 1.82) is 0 Å². The number of fused-ring (bicyclic) bond motifs is 1. The van der Waals surface area contributed by atoms with E-state index in [-0.39, 0.29) is 5.91 Å². The number of nitrogens with one attached hydrogen (secondary N) is 1. The molecule has 140 valence electrons. The van der Waals surface area contributed by atoms with Gasteiger partial charge >= 0.3 is 0 Å². The average Bonchev–Trinajstić information content (AvgIpc) is 3.04. The van der Waals surface area contributed by atoms with Gasteiger partial charge in [0.05, 0.1) is 5.52 Å². The number of carbonyl (C=O) groups excluding carboxylic acids is 1. The Hall–Kier alpha value is -3.67. The molecule has 6 heteroatoms. The molecule has 0 saturated carbocycles. The van der Waals surface area contributed by atoms with Crippen LogP contribution in [0.4, 0.5) is 11.6 Å². The van der Waals surface area contributed by atoms with Crippen molar-refractivity contribution in [1.82, 2.24) is 19.4 Å². The van der Waals surface area contributed by atoms with Gasteiger partial charge in [-0.3, -0.25) is 4.79 Å². The van der Waals surface area contributed by atoms with Gasteiger partial charge in [0.2, 0.25) is 0 Å². The molecule has 0 bridgehead atoms. The lowest BCUT2D eigenvalue weighted by molar-refractivity contribution is 0.0827. The van der Waals surface area contributed by atoms with E-state index < -0.39 is 0 Å². The molecule has 3 heterocycles. The average molecular weight is 371 g/mol. The van der Waals surface area contributed by atoms with Crippen molar-refractivity contribution in [3.8, 4) is 11.3 Å². The number of hydrogen-bond acceptors (Lipinski definition) is 4. The minimum absolute atomic E-state index is 0.00182. The number of aryl methyl sites for hydroxylation is 1. The summed E-state index contributed by atoms with van der Waals surface area (Å²) in [6.07, 6.45) is 3.60. The summed E-state index contributed by atoms with van der Waals surface area (Å²) in [6.45, 7) is 0. The monoisotopic (exact) mass is 371 g/mol. The van der Waals surface area contributed by atoms with Gasteiger partial charge in [0, 0.05) is 56.2 Å². The molecule has 0 saturated heterocycles. The maximum Gasteiger partial charge on any atom is 0.253 e. The summed E-state index contributed by atoms with van der Waals surface area (Å²) < 4.78 is 2.13. The van der Waals surface area contributed by atoms with E-state index in [1.54, 1.807) is 25.2 Å². The first kappa shape index (κ1) is 17.7. The zero-order chi connectivity index (χ0) is 19.7. The van der Waals surface area contributed by atoms with Crippen LogP contribution in [0.15, 0.2) is 67.0 Å². The van der Waals surface area contributed by atoms with E-state index in [2.05, 4.69) is 25.9 Å². The van der Waals surface area contributed by atoms with Crippen molar-refractivity contribution in [3.05, 3.63) is 72.6 Å². The number of carbonyl (C=O) groups is 1. The van der Waals surface area contributed by atoms with E-state index in [4.69, 9.17) is 0 Å². The largest absolute Gasteiger partial charge is 0.345 e. The molecule has 0 aliphatic carbocycles. The number of nitrogens with zero attached hydrogens (tertiary/aromatic N) is 4. The predicted octanol–water partition coefficient (Wildman–Crippen LogP) is 4.08. The maximum absolute atomic E-state index is 12.1. The molecule has 0 aliphatic rings. The minimum Gasteiger partial charge on any atom is -0.345 e. The van der Waals surface area contributed by atoms with Crippen LogP contribution in [0.25, 0.3) is 22.2 Å². The van der Waals surface area contributed by atoms with Crippen molar-refractivity contribution in [3.63, 3.8) is 0 Å². The molecule has 6 nitrogen and oxygen atoms in total. The van der Waals surface area contributed by atoms with Crippen molar-refractivity contribution >= 4 is 28.4 Å². The Morgan fingerprint density at radius 3 is 2.46 bits per heavy atom. The summed E-state index contributed by atoms with van der Waals surface area (Å²) in [5, 5.41) is 4.28. The molecule has 0 atom stereocenters. The first-order valence-electron chi connectivity index (χ1n) is 8.98. The van der Waals surface area contributed by atoms with E-state index in [0.29, 0.717) is 5.56 Å². The topological polar surface area (TPSA) is 63.1 Å². The Bertz CT molecular complexity index is 1130. The molecule has 0 radical (unpaired) electrons. The van der Waals surface area contributed by atoms with Gasteiger partial charge in [-0.2, -0.15) is 0 Å². The summed E-state index contributed by atoms with van der Waals surface area (Å²) in [7, 11) is 5.54. The zero-order valence-corrected chi connectivity index (χ0v) is 16.0. The zero-order valence-electron chi connectivity index (χ0n) is 16.0. The molecule has 1 amide bonds. The standard InChI is InChI=1S/C22H21N5O/c1-26(2)22(28)16-9-7-15(8-10-16)18-12-17-14-24-21(13-19(17)27(18)3)25-20-6-4-5-11-23-20/h4-14H,1-3H3,(H,23,24,25). The van der Waals surface area contributed by atoms with E-state index in [9.17, 15) is 4.79 Å². The predicted molar refractivity (Wildman–Crippen MR) is 112 cm³/mol. The lowest BCUT2D eigenvalue weighted by Gasteiger charge is -2.11. The van der Waals surface area contributed by atoms with E-state index in [1.165, 1.54) is 0 Å². The highest BCUT2D eigenvalue weighted by molar-refractivity contribution is 5.94. The van der Waals surface area contributed by atoms with Gasteiger partial charge in [0.1, 0.15) is 11.6 Å². The molecule has 1 aromatic carbocycles. The summed E-state index contributed by atoms with van der Waals surface area (Å²) in [4.78, 5) is 22.4. The van der Waals surface area contributed by atoms with Crippen LogP contribution in [0, 0.1) is 0 Å². The fraction of sp³-hybridized carbons (Fsp3) is 0.136. The van der Waals surface area contributed by atoms with Crippen LogP contribution in [-0.4, -0.2) is 39.4 Å². The third-order valence-electron chi connectivity index (χ3n) is 4.68. The number of benzene rings is 1. The molecule has 3 aromatic heterocycles. The highest BCUT2D eigenvalue weighted by Gasteiger charge is 2.12. The molecule has 4 rings (SSSR count). The lowest BCUT2D eigenvalue weighted by atomic mass is 10.1. The lowest BCUT2D eigenvalue weighted by Crippen LogP contribution is -2.21. The van der Waals surface area contributed by atoms with Crippen molar-refractivity contribution in [2.75, 3.05) is 19.4 Å². The minimum atomic E-state index is -0.00182. The van der Waals surface area contributed by atoms with Gasteiger partial charge in [0.15, 0.2) is 0 Å². The maximum atomic E-state index is 12.1. The molecular formula is C22H21N5O. The Balaban J connectivity index is 1.67. The van der Waals surface area contributed by atoms with E-state index in [1.807, 2.05) is 61.8 Å². The van der Waals surface area contributed by atoms with Crippen molar-refractivity contribution < 1.29 is 4.79 Å². The first-order valence-corrected chi connectivity index (χ1v) is 8.98. The fourth-order valence-electron chi connectivity index (χ4n) is 3.19. The van der Waals surface area contributed by atoms with Gasteiger partial charge in [-0.1, -0.05) is 18.2 Å². The summed E-state index contributed by atoms with van der Waals surface area (Å²) in [5.41, 5.74) is 3.86. The van der Waals surface area contributed by atoms with Gasteiger partial charge in [-0.05, 0) is 35.9 Å². The fourth-order valence-corrected chi connectivity index (χ4v) is 3.19. The molecule has 0 unspecified atom stereocenters. The van der Waals surface area contributed by atoms with Gasteiger partial charge in [-0.25, -0.2) is 9.97 Å². The highest BCUT2D eigenvalue weighted by Crippen LogP contribution is 2.29.